The minimum Gasteiger partial charge on any atom is -0.361 e. The minimum atomic E-state index is 0.903. The summed E-state index contributed by atoms with van der Waals surface area (Å²) in [6.07, 6.45) is 5.06. The molecule has 1 aromatic heterocycles. The second-order valence-electron chi connectivity index (χ2n) is 5.41. The predicted octanol–water partition coefficient (Wildman–Crippen LogP) is 5.55. The number of aromatic amines is 1. The first-order chi connectivity index (χ1) is 10.3. The van der Waals surface area contributed by atoms with Crippen molar-refractivity contribution in [3.05, 3.63) is 60.3 Å². The van der Waals surface area contributed by atoms with Crippen LogP contribution in [-0.4, -0.2) is 9.85 Å². The fraction of sp³-hybridized carbons (Fsp3) is 0.211. The zero-order valence-electron chi connectivity index (χ0n) is 12.2. The monoisotopic (exact) mass is 293 g/mol. The third kappa shape index (κ3) is 3.06. The smallest absolute Gasteiger partial charge is 0.0460 e. The molecule has 0 aliphatic rings. The highest BCUT2D eigenvalue weighted by atomic mass is 32.1. The van der Waals surface area contributed by atoms with Gasteiger partial charge in [-0.05, 0) is 40.1 Å². The number of H-pyrrole nitrogens is 1. The van der Waals surface area contributed by atoms with Crippen molar-refractivity contribution in [1.29, 1.82) is 0 Å². The first kappa shape index (κ1) is 14.0. The van der Waals surface area contributed by atoms with Crippen LogP contribution in [0.3, 0.4) is 0 Å². The minimum absolute atomic E-state index is 0.903. The summed E-state index contributed by atoms with van der Waals surface area (Å²) < 4.78 is 0. The average molecular weight is 293 g/mol. The van der Waals surface area contributed by atoms with Crippen molar-refractivity contribution in [3.63, 3.8) is 0 Å². The Morgan fingerprint density at radius 1 is 1.10 bits per heavy atom. The number of rotatable bonds is 5. The van der Waals surface area contributed by atoms with Crippen molar-refractivity contribution >= 4 is 28.0 Å². The summed E-state index contributed by atoms with van der Waals surface area (Å²) in [5.74, 6) is 0. The van der Waals surface area contributed by atoms with Crippen molar-refractivity contribution in [2.24, 2.45) is 0 Å². The highest BCUT2D eigenvalue weighted by Gasteiger charge is 2.06. The van der Waals surface area contributed by atoms with Gasteiger partial charge in [0.15, 0.2) is 0 Å². The van der Waals surface area contributed by atoms with Crippen molar-refractivity contribution in [2.75, 3.05) is 0 Å². The Hall–Kier alpha value is -1.93. The topological polar surface area (TPSA) is 15.8 Å². The van der Waals surface area contributed by atoms with Gasteiger partial charge >= 0.3 is 0 Å². The van der Waals surface area contributed by atoms with E-state index in [0.29, 0.717) is 0 Å². The number of hydrogen-bond acceptors (Lipinski definition) is 1. The second-order valence-corrected chi connectivity index (χ2v) is 5.99. The summed E-state index contributed by atoms with van der Waals surface area (Å²) in [5.41, 5.74) is 5.02. The summed E-state index contributed by atoms with van der Waals surface area (Å²) in [4.78, 5) is 4.42. The molecule has 1 nitrogen and oxygen atoms in total. The average Bonchev–Trinajstić information content (AvgIpc) is 2.96. The van der Waals surface area contributed by atoms with Gasteiger partial charge in [-0.15, -0.1) is 0 Å². The van der Waals surface area contributed by atoms with E-state index in [2.05, 4.69) is 60.4 Å². The Balaban J connectivity index is 1.96. The van der Waals surface area contributed by atoms with Crippen molar-refractivity contribution in [1.82, 2.24) is 4.98 Å². The zero-order valence-corrected chi connectivity index (χ0v) is 13.0. The molecule has 0 amide bonds. The summed E-state index contributed by atoms with van der Waals surface area (Å²) >= 11 is 5.45. The molecule has 106 valence electrons. The zero-order chi connectivity index (χ0) is 14.7. The van der Waals surface area contributed by atoms with Crippen LogP contribution in [0, 0.1) is 0 Å². The molecular weight excluding hydrogens is 274 g/mol. The summed E-state index contributed by atoms with van der Waals surface area (Å²) in [5, 5.41) is 1.27. The number of aromatic nitrogens is 1. The molecule has 0 aliphatic carbocycles. The molecule has 0 saturated carbocycles. The maximum atomic E-state index is 5.45. The number of hydrogen-bond donors (Lipinski definition) is 1. The summed E-state index contributed by atoms with van der Waals surface area (Å²) in [6.45, 7) is 2.18. The van der Waals surface area contributed by atoms with Crippen LogP contribution in [0.25, 0.3) is 22.0 Å². The molecule has 0 bridgehead atoms. The van der Waals surface area contributed by atoms with Gasteiger partial charge in [0.2, 0.25) is 0 Å². The molecule has 0 fully saturated rings. The highest BCUT2D eigenvalue weighted by Crippen LogP contribution is 2.28. The first-order valence-corrected chi connectivity index (χ1v) is 7.86. The lowest BCUT2D eigenvalue weighted by Gasteiger charge is -2.08. The molecular formula is C19H19NS. The van der Waals surface area contributed by atoms with Crippen molar-refractivity contribution in [2.45, 2.75) is 26.2 Å². The predicted molar refractivity (Wildman–Crippen MR) is 94.9 cm³/mol. The Morgan fingerprint density at radius 3 is 2.81 bits per heavy atom. The molecule has 21 heavy (non-hydrogen) atoms. The van der Waals surface area contributed by atoms with Gasteiger partial charge in [0.05, 0.1) is 0 Å². The number of nitrogens with one attached hydrogen (secondary N) is 1. The maximum absolute atomic E-state index is 5.45. The lowest BCUT2D eigenvalue weighted by atomic mass is 9.98. The van der Waals surface area contributed by atoms with Crippen LogP contribution in [0.15, 0.2) is 54.7 Å². The van der Waals surface area contributed by atoms with Gasteiger partial charge in [-0.25, -0.2) is 0 Å². The molecule has 2 heteroatoms. The fourth-order valence-electron chi connectivity index (χ4n) is 2.78. The van der Waals surface area contributed by atoms with Crippen LogP contribution in [0.1, 0.15) is 25.3 Å². The third-order valence-corrected chi connectivity index (χ3v) is 4.11. The molecule has 2 aromatic carbocycles. The van der Waals surface area contributed by atoms with Crippen LogP contribution in [0.2, 0.25) is 0 Å². The van der Waals surface area contributed by atoms with E-state index in [0.717, 1.165) is 24.1 Å². The van der Waals surface area contributed by atoms with Gasteiger partial charge in [-0.1, -0.05) is 62.0 Å². The Bertz CT molecular complexity index is 770. The van der Waals surface area contributed by atoms with Gasteiger partial charge in [0, 0.05) is 23.5 Å². The quantitative estimate of drug-likeness (QED) is 0.610. The SMILES string of the molecule is CCCC(=S)Cc1cccc(-c2cccc3[nH]ccc23)c1. The van der Waals surface area contributed by atoms with Crippen molar-refractivity contribution < 1.29 is 0 Å². The number of benzene rings is 2. The van der Waals surface area contributed by atoms with E-state index in [1.165, 1.54) is 27.6 Å². The number of thiocarbonyl (C=S) groups is 1. The number of fused-ring (bicyclic) bond motifs is 1. The lowest BCUT2D eigenvalue weighted by molar-refractivity contribution is 0.989. The molecule has 0 saturated heterocycles. The molecule has 3 aromatic rings. The summed E-state index contributed by atoms with van der Waals surface area (Å²) in [6, 6.07) is 17.3. The molecule has 0 atom stereocenters. The second kappa shape index (κ2) is 6.23. The van der Waals surface area contributed by atoms with Crippen LogP contribution < -0.4 is 0 Å². The first-order valence-electron chi connectivity index (χ1n) is 7.45. The van der Waals surface area contributed by atoms with E-state index < -0.39 is 0 Å². The van der Waals surface area contributed by atoms with E-state index >= 15 is 0 Å². The third-order valence-electron chi connectivity index (χ3n) is 3.76. The molecule has 0 unspecified atom stereocenters. The van der Waals surface area contributed by atoms with Gasteiger partial charge in [0.25, 0.3) is 0 Å². The molecule has 1 N–H and O–H groups in total. The lowest BCUT2D eigenvalue weighted by Crippen LogP contribution is -1.99. The van der Waals surface area contributed by atoms with Crippen LogP contribution >= 0.6 is 12.2 Å². The van der Waals surface area contributed by atoms with E-state index in [1.54, 1.807) is 0 Å². The van der Waals surface area contributed by atoms with Gasteiger partial charge in [-0.3, -0.25) is 0 Å². The molecule has 1 heterocycles. The van der Waals surface area contributed by atoms with Gasteiger partial charge in [0.1, 0.15) is 0 Å². The fourth-order valence-corrected chi connectivity index (χ4v) is 3.15. The molecule has 0 spiro atoms. The highest BCUT2D eigenvalue weighted by molar-refractivity contribution is 7.80. The van der Waals surface area contributed by atoms with E-state index in [9.17, 15) is 0 Å². The largest absolute Gasteiger partial charge is 0.361 e. The Kier molecular flexibility index (Phi) is 4.16. The van der Waals surface area contributed by atoms with Crippen molar-refractivity contribution in [3.8, 4) is 11.1 Å². The maximum Gasteiger partial charge on any atom is 0.0460 e. The van der Waals surface area contributed by atoms with Gasteiger partial charge < -0.3 is 4.98 Å². The Morgan fingerprint density at radius 2 is 1.95 bits per heavy atom. The van der Waals surface area contributed by atoms with Crippen LogP contribution in [0.5, 0.6) is 0 Å². The van der Waals surface area contributed by atoms with Crippen LogP contribution in [0.4, 0.5) is 0 Å². The summed E-state index contributed by atoms with van der Waals surface area (Å²) in [7, 11) is 0. The van der Waals surface area contributed by atoms with E-state index in [1.807, 2.05) is 6.20 Å². The molecule has 3 rings (SSSR count). The molecule has 0 aliphatic heterocycles. The van der Waals surface area contributed by atoms with Crippen LogP contribution in [-0.2, 0) is 6.42 Å². The standard InChI is InChI=1S/C19H19NS/c1-2-5-16(21)13-14-6-3-7-15(12-14)17-8-4-9-19-18(17)10-11-20-19/h3-4,6-12,20H,2,5,13H2,1H3. The molecule has 0 radical (unpaired) electrons. The Labute approximate surface area is 131 Å². The normalized spacial score (nSPS) is 10.9. The van der Waals surface area contributed by atoms with Gasteiger partial charge in [-0.2, -0.15) is 0 Å². The van der Waals surface area contributed by atoms with E-state index in [4.69, 9.17) is 12.2 Å². The van der Waals surface area contributed by atoms with E-state index in [-0.39, 0.29) is 0 Å².